The molecule has 0 spiro atoms. The van der Waals surface area contributed by atoms with E-state index in [1.165, 1.54) is 5.56 Å². The van der Waals surface area contributed by atoms with Crippen LogP contribution in [0.5, 0.6) is 0 Å². The Bertz CT molecular complexity index is 233. The fraction of sp³-hybridized carbons (Fsp3) is 0.333. The minimum atomic E-state index is 0.810. The fourth-order valence-electron chi connectivity index (χ4n) is 1.00. The van der Waals surface area contributed by atoms with E-state index in [0.29, 0.717) is 0 Å². The van der Waals surface area contributed by atoms with Gasteiger partial charge >= 0.3 is 0 Å². The molecule has 0 aliphatic rings. The molecule has 11 heavy (non-hydrogen) atoms. The lowest BCUT2D eigenvalue weighted by atomic mass is 10.2. The third-order valence-electron chi connectivity index (χ3n) is 1.39. The quantitative estimate of drug-likeness (QED) is 0.657. The SMILES string of the molecule is CN(C)Cc1cccc(Cl)c1. The molecule has 0 fully saturated rings. The lowest BCUT2D eigenvalue weighted by Gasteiger charge is -2.08. The predicted octanol–water partition coefficient (Wildman–Crippen LogP) is 2.40. The summed E-state index contributed by atoms with van der Waals surface area (Å²) in [6, 6.07) is 7.93. The van der Waals surface area contributed by atoms with E-state index in [4.69, 9.17) is 11.6 Å². The maximum Gasteiger partial charge on any atom is 0.0409 e. The Balaban J connectivity index is 2.71. The van der Waals surface area contributed by atoms with Gasteiger partial charge in [0, 0.05) is 11.6 Å². The molecule has 0 heterocycles. The summed E-state index contributed by atoms with van der Waals surface area (Å²) < 4.78 is 0. The van der Waals surface area contributed by atoms with Crippen LogP contribution >= 0.6 is 11.6 Å². The van der Waals surface area contributed by atoms with Gasteiger partial charge in [0.15, 0.2) is 0 Å². The molecule has 0 saturated heterocycles. The van der Waals surface area contributed by atoms with Crippen LogP contribution in [0.2, 0.25) is 5.02 Å². The number of halogens is 1. The Kier molecular flexibility index (Phi) is 2.92. The zero-order chi connectivity index (χ0) is 8.27. The smallest absolute Gasteiger partial charge is 0.0409 e. The standard InChI is InChI=1S/C9H12ClN/c1-11(2)7-8-4-3-5-9(10)6-8/h3-6H,7H2,1-2H3. The van der Waals surface area contributed by atoms with E-state index in [1.54, 1.807) is 0 Å². The van der Waals surface area contributed by atoms with Gasteiger partial charge in [0.05, 0.1) is 0 Å². The van der Waals surface area contributed by atoms with E-state index in [0.717, 1.165) is 11.6 Å². The highest BCUT2D eigenvalue weighted by Gasteiger charge is 1.94. The van der Waals surface area contributed by atoms with Gasteiger partial charge in [-0.15, -0.1) is 0 Å². The number of benzene rings is 1. The van der Waals surface area contributed by atoms with Crippen molar-refractivity contribution in [1.82, 2.24) is 4.90 Å². The van der Waals surface area contributed by atoms with Crippen molar-refractivity contribution in [2.75, 3.05) is 14.1 Å². The minimum Gasteiger partial charge on any atom is -0.305 e. The maximum atomic E-state index is 5.81. The van der Waals surface area contributed by atoms with Gasteiger partial charge in [0.2, 0.25) is 0 Å². The van der Waals surface area contributed by atoms with Gasteiger partial charge in [-0.05, 0) is 31.8 Å². The Morgan fingerprint density at radius 1 is 1.36 bits per heavy atom. The molecule has 1 nitrogen and oxygen atoms in total. The average molecular weight is 170 g/mol. The van der Waals surface area contributed by atoms with E-state index in [9.17, 15) is 0 Å². The number of hydrogen-bond acceptors (Lipinski definition) is 1. The summed E-state index contributed by atoms with van der Waals surface area (Å²) in [5, 5.41) is 0.810. The van der Waals surface area contributed by atoms with E-state index < -0.39 is 0 Å². The second-order valence-corrected chi connectivity index (χ2v) is 3.30. The number of rotatable bonds is 2. The zero-order valence-corrected chi connectivity index (χ0v) is 7.60. The van der Waals surface area contributed by atoms with Crippen molar-refractivity contribution >= 4 is 11.6 Å². The predicted molar refractivity (Wildman–Crippen MR) is 48.8 cm³/mol. The fourth-order valence-corrected chi connectivity index (χ4v) is 1.21. The molecule has 0 radical (unpaired) electrons. The molecule has 60 valence electrons. The lowest BCUT2D eigenvalue weighted by Crippen LogP contribution is -2.10. The first-order valence-corrected chi connectivity index (χ1v) is 3.95. The minimum absolute atomic E-state index is 0.810. The summed E-state index contributed by atoms with van der Waals surface area (Å²) in [5.41, 5.74) is 1.25. The van der Waals surface area contributed by atoms with E-state index in [2.05, 4.69) is 11.0 Å². The summed E-state index contributed by atoms with van der Waals surface area (Å²) in [6.07, 6.45) is 0. The Labute approximate surface area is 72.6 Å². The van der Waals surface area contributed by atoms with Crippen LogP contribution in [0.25, 0.3) is 0 Å². The van der Waals surface area contributed by atoms with Crippen molar-refractivity contribution in [3.8, 4) is 0 Å². The van der Waals surface area contributed by atoms with Crippen molar-refractivity contribution in [3.63, 3.8) is 0 Å². The highest BCUT2D eigenvalue weighted by Crippen LogP contribution is 2.11. The van der Waals surface area contributed by atoms with Crippen molar-refractivity contribution in [1.29, 1.82) is 0 Å². The van der Waals surface area contributed by atoms with Crippen LogP contribution in [0.4, 0.5) is 0 Å². The van der Waals surface area contributed by atoms with Gasteiger partial charge in [-0.2, -0.15) is 0 Å². The van der Waals surface area contributed by atoms with Crippen LogP contribution in [-0.4, -0.2) is 19.0 Å². The topological polar surface area (TPSA) is 3.24 Å². The van der Waals surface area contributed by atoms with Crippen LogP contribution in [0.15, 0.2) is 24.3 Å². The van der Waals surface area contributed by atoms with Crippen LogP contribution in [-0.2, 0) is 6.54 Å². The molecular weight excluding hydrogens is 158 g/mol. The third-order valence-corrected chi connectivity index (χ3v) is 1.62. The first kappa shape index (κ1) is 8.57. The van der Waals surface area contributed by atoms with E-state index in [1.807, 2.05) is 32.3 Å². The summed E-state index contributed by atoms with van der Waals surface area (Å²) in [5.74, 6) is 0. The highest BCUT2D eigenvalue weighted by atomic mass is 35.5. The van der Waals surface area contributed by atoms with Gasteiger partial charge in [-0.1, -0.05) is 23.7 Å². The molecule has 0 aliphatic heterocycles. The van der Waals surface area contributed by atoms with E-state index >= 15 is 0 Å². The summed E-state index contributed by atoms with van der Waals surface area (Å²) >= 11 is 5.81. The van der Waals surface area contributed by atoms with Gasteiger partial charge in [0.1, 0.15) is 0 Å². The van der Waals surface area contributed by atoms with Crippen molar-refractivity contribution in [3.05, 3.63) is 34.9 Å². The number of hydrogen-bond donors (Lipinski definition) is 0. The summed E-state index contributed by atoms with van der Waals surface area (Å²) in [4.78, 5) is 2.12. The van der Waals surface area contributed by atoms with Crippen LogP contribution in [0, 0.1) is 0 Å². The van der Waals surface area contributed by atoms with Gasteiger partial charge in [0.25, 0.3) is 0 Å². The van der Waals surface area contributed by atoms with Crippen LogP contribution < -0.4 is 0 Å². The monoisotopic (exact) mass is 169 g/mol. The zero-order valence-electron chi connectivity index (χ0n) is 6.84. The summed E-state index contributed by atoms with van der Waals surface area (Å²) in [7, 11) is 4.09. The molecule has 0 aromatic heterocycles. The second kappa shape index (κ2) is 3.74. The first-order valence-electron chi connectivity index (χ1n) is 3.57. The molecule has 1 aromatic rings. The van der Waals surface area contributed by atoms with Gasteiger partial charge < -0.3 is 4.90 Å². The highest BCUT2D eigenvalue weighted by molar-refractivity contribution is 6.30. The Morgan fingerprint density at radius 3 is 2.64 bits per heavy atom. The first-order chi connectivity index (χ1) is 5.18. The van der Waals surface area contributed by atoms with Gasteiger partial charge in [-0.25, -0.2) is 0 Å². The Hall–Kier alpha value is -0.530. The molecular formula is C9H12ClN. The van der Waals surface area contributed by atoms with Crippen molar-refractivity contribution in [2.24, 2.45) is 0 Å². The van der Waals surface area contributed by atoms with Crippen LogP contribution in [0.3, 0.4) is 0 Å². The molecule has 0 aliphatic carbocycles. The molecule has 0 N–H and O–H groups in total. The second-order valence-electron chi connectivity index (χ2n) is 2.87. The molecule has 0 amide bonds. The van der Waals surface area contributed by atoms with Crippen molar-refractivity contribution in [2.45, 2.75) is 6.54 Å². The third kappa shape index (κ3) is 2.91. The molecule has 1 aromatic carbocycles. The van der Waals surface area contributed by atoms with Gasteiger partial charge in [-0.3, -0.25) is 0 Å². The molecule has 0 atom stereocenters. The summed E-state index contributed by atoms with van der Waals surface area (Å²) in [6.45, 7) is 0.945. The molecule has 0 bridgehead atoms. The molecule has 0 saturated carbocycles. The molecule has 2 heteroatoms. The molecule has 0 unspecified atom stereocenters. The Morgan fingerprint density at radius 2 is 2.09 bits per heavy atom. The lowest BCUT2D eigenvalue weighted by molar-refractivity contribution is 0.402. The number of nitrogens with zero attached hydrogens (tertiary/aromatic N) is 1. The van der Waals surface area contributed by atoms with Crippen molar-refractivity contribution < 1.29 is 0 Å². The van der Waals surface area contributed by atoms with Crippen LogP contribution in [0.1, 0.15) is 5.56 Å². The molecule has 1 rings (SSSR count). The average Bonchev–Trinajstić information content (AvgIpc) is 1.85. The van der Waals surface area contributed by atoms with E-state index in [-0.39, 0.29) is 0 Å². The largest absolute Gasteiger partial charge is 0.305 e. The maximum absolute atomic E-state index is 5.81. The normalized spacial score (nSPS) is 10.5.